The largest absolute Gasteiger partial charge is 0.416 e. The maximum Gasteiger partial charge on any atom is 0.416 e. The van der Waals surface area contributed by atoms with Crippen molar-refractivity contribution < 1.29 is 31.1 Å². The number of aromatic nitrogens is 2. The molecule has 0 saturated carbocycles. The number of carbonyl (C=O) groups excluding carboxylic acids is 1. The first-order chi connectivity index (χ1) is 12.5. The Morgan fingerprint density at radius 2 is 1.89 bits per heavy atom. The highest BCUT2D eigenvalue weighted by atomic mass is 32.1. The molecule has 0 radical (unpaired) electrons. The number of rotatable bonds is 3. The lowest BCUT2D eigenvalue weighted by atomic mass is 10.2. The number of thiophene rings is 1. The molecule has 0 aliphatic heterocycles. The molecule has 1 N–H and O–H groups in total. The zero-order valence-corrected chi connectivity index (χ0v) is 14.4. The Hall–Kier alpha value is -2.56. The summed E-state index contributed by atoms with van der Waals surface area (Å²) in [6.45, 7) is 0.120. The van der Waals surface area contributed by atoms with Crippen LogP contribution in [0.3, 0.4) is 0 Å². The highest BCUT2D eigenvalue weighted by Gasteiger charge is 2.31. The summed E-state index contributed by atoms with van der Waals surface area (Å²) < 4.78 is 76.7. The maximum absolute atomic E-state index is 12.9. The van der Waals surface area contributed by atoms with Crippen molar-refractivity contribution in [3.8, 4) is 5.69 Å². The van der Waals surface area contributed by atoms with Crippen LogP contribution in [0, 0.1) is 6.92 Å². The first kappa shape index (κ1) is 19.2. The van der Waals surface area contributed by atoms with Gasteiger partial charge in [-0.05, 0) is 31.2 Å². The molecule has 0 saturated heterocycles. The number of carbonyl (C=O) groups is 1. The summed E-state index contributed by atoms with van der Waals surface area (Å²) in [6, 6.07) is 5.85. The number of nitrogens with zero attached hydrogens (tertiary/aromatic N) is 2. The fourth-order valence-corrected chi connectivity index (χ4v) is 3.51. The van der Waals surface area contributed by atoms with E-state index in [1.165, 1.54) is 22.9 Å². The fourth-order valence-electron chi connectivity index (χ4n) is 2.42. The van der Waals surface area contributed by atoms with Gasteiger partial charge >= 0.3 is 12.4 Å². The third kappa shape index (κ3) is 4.07. The van der Waals surface area contributed by atoms with Crippen LogP contribution in [0.1, 0.15) is 20.9 Å². The van der Waals surface area contributed by atoms with E-state index in [0.29, 0.717) is 15.9 Å². The van der Waals surface area contributed by atoms with E-state index in [1.54, 1.807) is 12.2 Å². The molecule has 144 valence electrons. The van der Waals surface area contributed by atoms with Gasteiger partial charge in [-0.15, -0.1) is 11.3 Å². The minimum atomic E-state index is -4.54. The number of benzene rings is 1. The third-order valence-electron chi connectivity index (χ3n) is 3.64. The summed E-state index contributed by atoms with van der Waals surface area (Å²) in [4.78, 5) is 12.3. The van der Waals surface area contributed by atoms with Crippen molar-refractivity contribution >= 4 is 27.5 Å². The number of nitrogens with one attached hydrogen (secondary N) is 1. The van der Waals surface area contributed by atoms with Crippen LogP contribution >= 0.6 is 11.3 Å². The predicted octanol–water partition coefficient (Wildman–Crippen LogP) is 4.71. The van der Waals surface area contributed by atoms with Crippen LogP contribution in [0.15, 0.2) is 30.3 Å². The molecule has 3 aromatic rings. The van der Waals surface area contributed by atoms with Gasteiger partial charge in [-0.2, -0.15) is 31.4 Å². The second-order valence-electron chi connectivity index (χ2n) is 5.67. The summed E-state index contributed by atoms with van der Waals surface area (Å²) in [6.07, 6.45) is -9.08. The average molecular weight is 407 g/mol. The van der Waals surface area contributed by atoms with Crippen molar-refractivity contribution in [1.29, 1.82) is 0 Å². The van der Waals surface area contributed by atoms with Gasteiger partial charge in [0, 0.05) is 5.39 Å². The Kier molecular flexibility index (Phi) is 4.66. The Bertz CT molecular complexity index is 1000. The molecule has 2 aromatic heterocycles. The molecule has 0 bridgehead atoms. The molecule has 0 atom stereocenters. The second-order valence-corrected chi connectivity index (χ2v) is 6.70. The summed E-state index contributed by atoms with van der Waals surface area (Å²) in [5, 5.41) is 6.42. The SMILES string of the molecule is Cc1nn(-c2cccc(C(F)(F)F)c2)c2sc(C(=O)NCC(F)(F)F)cc12. The molecule has 2 heterocycles. The van der Waals surface area contributed by atoms with E-state index in [4.69, 9.17) is 0 Å². The van der Waals surface area contributed by atoms with Gasteiger partial charge in [0.1, 0.15) is 11.4 Å². The van der Waals surface area contributed by atoms with Gasteiger partial charge in [-0.3, -0.25) is 4.79 Å². The van der Waals surface area contributed by atoms with Gasteiger partial charge in [0.05, 0.1) is 21.8 Å². The Balaban J connectivity index is 1.99. The van der Waals surface area contributed by atoms with Crippen LogP contribution < -0.4 is 5.32 Å². The Morgan fingerprint density at radius 1 is 1.19 bits per heavy atom. The van der Waals surface area contributed by atoms with Gasteiger partial charge in [0.15, 0.2) is 0 Å². The first-order valence-corrected chi connectivity index (χ1v) is 8.29. The van der Waals surface area contributed by atoms with Crippen LogP contribution in [0.2, 0.25) is 0 Å². The molecule has 0 fully saturated rings. The topological polar surface area (TPSA) is 46.9 Å². The second kappa shape index (κ2) is 6.55. The van der Waals surface area contributed by atoms with Crippen LogP contribution in [0.25, 0.3) is 15.9 Å². The van der Waals surface area contributed by atoms with E-state index in [0.717, 1.165) is 23.5 Å². The number of halogens is 6. The van der Waals surface area contributed by atoms with E-state index in [1.807, 2.05) is 0 Å². The van der Waals surface area contributed by atoms with Crippen molar-refractivity contribution in [2.24, 2.45) is 0 Å². The van der Waals surface area contributed by atoms with Crippen molar-refractivity contribution in [2.75, 3.05) is 6.54 Å². The Labute approximate surface area is 152 Å². The van der Waals surface area contributed by atoms with E-state index >= 15 is 0 Å². The van der Waals surface area contributed by atoms with Gasteiger partial charge in [0.2, 0.25) is 0 Å². The average Bonchev–Trinajstić information content (AvgIpc) is 3.12. The Morgan fingerprint density at radius 3 is 2.52 bits per heavy atom. The summed E-state index contributed by atoms with van der Waals surface area (Å²) in [5.74, 6) is -0.913. The molecule has 0 aliphatic carbocycles. The molecule has 0 spiro atoms. The van der Waals surface area contributed by atoms with E-state index in [2.05, 4.69) is 5.10 Å². The van der Waals surface area contributed by atoms with Gasteiger partial charge < -0.3 is 5.32 Å². The number of hydrogen-bond acceptors (Lipinski definition) is 3. The minimum absolute atomic E-state index is 0.00970. The van der Waals surface area contributed by atoms with Crippen molar-refractivity contribution in [3.63, 3.8) is 0 Å². The molecule has 27 heavy (non-hydrogen) atoms. The van der Waals surface area contributed by atoms with Crippen LogP contribution in [0.5, 0.6) is 0 Å². The normalized spacial score (nSPS) is 12.6. The molecule has 4 nitrogen and oxygen atoms in total. The van der Waals surface area contributed by atoms with Crippen molar-refractivity contribution in [1.82, 2.24) is 15.1 Å². The quantitative estimate of drug-likeness (QED) is 0.640. The standard InChI is InChI=1S/C16H11F6N3OS/c1-8-11-6-12(13(26)23-7-15(17,18)19)27-14(11)25(24-8)10-4-2-3-9(5-10)16(20,21)22/h2-6H,7H2,1H3,(H,23,26). The molecule has 1 amide bonds. The van der Waals surface area contributed by atoms with E-state index in [-0.39, 0.29) is 10.6 Å². The van der Waals surface area contributed by atoms with E-state index in [9.17, 15) is 31.1 Å². The van der Waals surface area contributed by atoms with Crippen LogP contribution in [-0.2, 0) is 6.18 Å². The van der Waals surface area contributed by atoms with E-state index < -0.39 is 30.4 Å². The third-order valence-corrected chi connectivity index (χ3v) is 4.75. The maximum atomic E-state index is 12.9. The number of alkyl halides is 6. The molecule has 0 unspecified atom stereocenters. The van der Waals surface area contributed by atoms with Crippen LogP contribution in [0.4, 0.5) is 26.3 Å². The van der Waals surface area contributed by atoms with Gasteiger partial charge in [0.25, 0.3) is 5.91 Å². The molecule has 0 aliphatic rings. The van der Waals surface area contributed by atoms with Crippen molar-refractivity contribution in [3.05, 3.63) is 46.5 Å². The first-order valence-electron chi connectivity index (χ1n) is 7.47. The smallest absolute Gasteiger partial charge is 0.342 e. The van der Waals surface area contributed by atoms with Gasteiger partial charge in [-0.25, -0.2) is 4.68 Å². The van der Waals surface area contributed by atoms with Crippen LogP contribution in [-0.4, -0.2) is 28.4 Å². The molecular weight excluding hydrogens is 396 g/mol. The minimum Gasteiger partial charge on any atom is -0.342 e. The summed E-state index contributed by atoms with van der Waals surface area (Å²) in [5.41, 5.74) is -0.290. The fraction of sp³-hybridized carbons (Fsp3) is 0.250. The number of fused-ring (bicyclic) bond motifs is 1. The van der Waals surface area contributed by atoms with Crippen molar-refractivity contribution in [2.45, 2.75) is 19.3 Å². The molecule has 3 rings (SSSR count). The molecule has 1 aromatic carbocycles. The van der Waals surface area contributed by atoms with Gasteiger partial charge in [-0.1, -0.05) is 6.07 Å². The highest BCUT2D eigenvalue weighted by Crippen LogP contribution is 2.33. The zero-order chi connectivity index (χ0) is 20.0. The number of hydrogen-bond donors (Lipinski definition) is 1. The number of amides is 1. The molecular formula is C16H11F6N3OS. The highest BCUT2D eigenvalue weighted by molar-refractivity contribution is 7.20. The lowest BCUT2D eigenvalue weighted by molar-refractivity contribution is -0.137. The summed E-state index contributed by atoms with van der Waals surface area (Å²) in [7, 11) is 0. The zero-order valence-electron chi connectivity index (χ0n) is 13.6. The lowest BCUT2D eigenvalue weighted by Gasteiger charge is -2.09. The molecule has 11 heteroatoms. The monoisotopic (exact) mass is 407 g/mol. The number of aryl methyl sites for hydroxylation is 1. The lowest BCUT2D eigenvalue weighted by Crippen LogP contribution is -2.33. The predicted molar refractivity (Wildman–Crippen MR) is 87.1 cm³/mol. The summed E-state index contributed by atoms with van der Waals surface area (Å²) >= 11 is 0.851.